The number of halogens is 1. The summed E-state index contributed by atoms with van der Waals surface area (Å²) in [5, 5.41) is 20.2. The largest absolute Gasteiger partial charge is 0.484 e. The minimum Gasteiger partial charge on any atom is -0.484 e. The third-order valence-electron chi connectivity index (χ3n) is 3.50. The van der Waals surface area contributed by atoms with Crippen LogP contribution in [-0.2, 0) is 11.4 Å². The summed E-state index contributed by atoms with van der Waals surface area (Å²) in [5.74, 6) is 0.741. The van der Waals surface area contributed by atoms with Gasteiger partial charge < -0.3 is 14.5 Å². The Kier molecular flexibility index (Phi) is 6.53. The Morgan fingerprint density at radius 3 is 2.96 bits per heavy atom. The van der Waals surface area contributed by atoms with Crippen molar-refractivity contribution in [2.45, 2.75) is 18.8 Å². The third kappa shape index (κ3) is 5.49. The number of aryl methyl sites for hydroxylation is 1. The van der Waals surface area contributed by atoms with Crippen molar-refractivity contribution in [3.63, 3.8) is 0 Å². The molecule has 28 heavy (non-hydrogen) atoms. The Hall–Kier alpha value is -3.02. The molecule has 1 N–H and O–H groups in total. The van der Waals surface area contributed by atoms with Gasteiger partial charge in [0, 0.05) is 5.02 Å². The van der Waals surface area contributed by atoms with E-state index in [0.717, 1.165) is 17.3 Å². The minimum atomic E-state index is -0.320. The first-order chi connectivity index (χ1) is 13.5. The Labute approximate surface area is 170 Å². The van der Waals surface area contributed by atoms with E-state index in [1.807, 2.05) is 37.3 Å². The van der Waals surface area contributed by atoms with Crippen LogP contribution in [0, 0.1) is 18.3 Å². The molecule has 9 heteroatoms. The zero-order valence-electron chi connectivity index (χ0n) is 14.8. The number of rotatable bonds is 7. The van der Waals surface area contributed by atoms with Crippen LogP contribution < -0.4 is 10.1 Å². The number of benzene rings is 2. The summed E-state index contributed by atoms with van der Waals surface area (Å²) < 4.78 is 11.1. The average molecular weight is 415 g/mol. The van der Waals surface area contributed by atoms with Crippen LogP contribution in [0.1, 0.15) is 17.0 Å². The number of carbonyl (C=O) groups excluding carboxylic acids is 1. The molecule has 0 fully saturated rings. The maximum Gasteiger partial charge on any atom is 0.277 e. The van der Waals surface area contributed by atoms with E-state index in [1.54, 1.807) is 12.1 Å². The van der Waals surface area contributed by atoms with Crippen molar-refractivity contribution in [3.05, 3.63) is 64.5 Å². The maximum absolute atomic E-state index is 12.1. The van der Waals surface area contributed by atoms with Crippen molar-refractivity contribution in [3.8, 4) is 11.8 Å². The quantitative estimate of drug-likeness (QED) is 0.577. The predicted octanol–water partition coefficient (Wildman–Crippen LogP) is 4.21. The zero-order valence-corrected chi connectivity index (χ0v) is 16.4. The van der Waals surface area contributed by atoms with E-state index >= 15 is 0 Å². The van der Waals surface area contributed by atoms with Gasteiger partial charge in [0.2, 0.25) is 5.91 Å². The second-order valence-electron chi connectivity index (χ2n) is 5.71. The van der Waals surface area contributed by atoms with E-state index in [0.29, 0.717) is 27.9 Å². The standard InChI is InChI=1S/C19H15ClN4O3S/c1-12-3-2-4-15(7-12)26-10-18-23-24-19(27-18)28-11-17(25)22-16-8-14(20)6-5-13(16)9-21/h2-8H,10-11H2,1H3,(H,22,25). The highest BCUT2D eigenvalue weighted by molar-refractivity contribution is 7.99. The number of thioether (sulfide) groups is 1. The molecule has 3 rings (SSSR count). The summed E-state index contributed by atoms with van der Waals surface area (Å²) in [6, 6.07) is 14.3. The van der Waals surface area contributed by atoms with E-state index < -0.39 is 0 Å². The van der Waals surface area contributed by atoms with Crippen molar-refractivity contribution < 1.29 is 13.9 Å². The molecule has 3 aromatic rings. The summed E-state index contributed by atoms with van der Waals surface area (Å²) in [7, 11) is 0. The van der Waals surface area contributed by atoms with Crippen LogP contribution in [0.5, 0.6) is 5.75 Å². The van der Waals surface area contributed by atoms with E-state index in [4.69, 9.17) is 26.0 Å². The number of aromatic nitrogens is 2. The van der Waals surface area contributed by atoms with Gasteiger partial charge in [0.25, 0.3) is 11.1 Å². The van der Waals surface area contributed by atoms with Gasteiger partial charge in [0.1, 0.15) is 11.8 Å². The number of anilines is 1. The van der Waals surface area contributed by atoms with Crippen molar-refractivity contribution in [1.29, 1.82) is 5.26 Å². The molecule has 1 heterocycles. The van der Waals surface area contributed by atoms with Gasteiger partial charge in [-0.25, -0.2) is 0 Å². The lowest BCUT2D eigenvalue weighted by Crippen LogP contribution is -2.15. The number of nitrogens with zero attached hydrogens (tertiary/aromatic N) is 3. The lowest BCUT2D eigenvalue weighted by atomic mass is 10.2. The van der Waals surface area contributed by atoms with Gasteiger partial charge in [-0.1, -0.05) is 35.5 Å². The van der Waals surface area contributed by atoms with Crippen molar-refractivity contribution in [2.75, 3.05) is 11.1 Å². The normalized spacial score (nSPS) is 10.3. The molecule has 0 spiro atoms. The molecule has 7 nitrogen and oxygen atoms in total. The molecule has 0 aliphatic heterocycles. The van der Waals surface area contributed by atoms with Crippen LogP contribution >= 0.6 is 23.4 Å². The molecule has 0 aliphatic carbocycles. The highest BCUT2D eigenvalue weighted by atomic mass is 35.5. The Balaban J connectivity index is 1.51. The van der Waals surface area contributed by atoms with Crippen LogP contribution in [0.25, 0.3) is 0 Å². The molecule has 0 aliphatic rings. The third-order valence-corrected chi connectivity index (χ3v) is 4.56. The fourth-order valence-electron chi connectivity index (χ4n) is 2.24. The molecule has 0 unspecified atom stereocenters. The Morgan fingerprint density at radius 2 is 2.18 bits per heavy atom. The first kappa shape index (κ1) is 19.7. The monoisotopic (exact) mass is 414 g/mol. The summed E-state index contributed by atoms with van der Waals surface area (Å²) >= 11 is 6.99. The number of ether oxygens (including phenoxy) is 1. The van der Waals surface area contributed by atoms with Gasteiger partial charge in [0.05, 0.1) is 17.0 Å². The van der Waals surface area contributed by atoms with Gasteiger partial charge in [-0.05, 0) is 42.8 Å². The topological polar surface area (TPSA) is 101 Å². The van der Waals surface area contributed by atoms with Crippen LogP contribution in [0.3, 0.4) is 0 Å². The van der Waals surface area contributed by atoms with Crippen molar-refractivity contribution in [1.82, 2.24) is 10.2 Å². The first-order valence-electron chi connectivity index (χ1n) is 8.17. The van der Waals surface area contributed by atoms with Gasteiger partial charge in [-0.2, -0.15) is 5.26 Å². The van der Waals surface area contributed by atoms with Crippen LogP contribution in [0.2, 0.25) is 5.02 Å². The van der Waals surface area contributed by atoms with Gasteiger partial charge in [0.15, 0.2) is 6.61 Å². The summed E-state index contributed by atoms with van der Waals surface area (Å²) in [5.41, 5.74) is 1.78. The van der Waals surface area contributed by atoms with Crippen LogP contribution in [0.4, 0.5) is 5.69 Å². The second-order valence-corrected chi connectivity index (χ2v) is 7.07. The Morgan fingerprint density at radius 1 is 1.32 bits per heavy atom. The first-order valence-corrected chi connectivity index (χ1v) is 9.54. The second kappa shape index (κ2) is 9.26. The number of nitriles is 1. The lowest BCUT2D eigenvalue weighted by Gasteiger charge is -2.06. The van der Waals surface area contributed by atoms with Crippen molar-refractivity contribution >= 4 is 35.0 Å². The molecule has 1 amide bonds. The summed E-state index contributed by atoms with van der Waals surface area (Å²) in [6.07, 6.45) is 0. The smallest absolute Gasteiger partial charge is 0.277 e. The van der Waals surface area contributed by atoms with Gasteiger partial charge in [-0.15, -0.1) is 10.2 Å². The number of carbonyl (C=O) groups is 1. The maximum atomic E-state index is 12.1. The number of amides is 1. The fraction of sp³-hybridized carbons (Fsp3) is 0.158. The van der Waals surface area contributed by atoms with Crippen LogP contribution in [0.15, 0.2) is 52.1 Å². The molecule has 0 saturated heterocycles. The summed E-state index contributed by atoms with van der Waals surface area (Å²) in [4.78, 5) is 12.1. The van der Waals surface area contributed by atoms with E-state index in [-0.39, 0.29) is 23.5 Å². The minimum absolute atomic E-state index is 0.0394. The number of hydrogen-bond acceptors (Lipinski definition) is 7. The molecular formula is C19H15ClN4O3S. The van der Waals surface area contributed by atoms with E-state index in [2.05, 4.69) is 15.5 Å². The molecule has 0 radical (unpaired) electrons. The highest BCUT2D eigenvalue weighted by Crippen LogP contribution is 2.22. The molecule has 142 valence electrons. The average Bonchev–Trinajstić information content (AvgIpc) is 3.13. The predicted molar refractivity (Wildman–Crippen MR) is 105 cm³/mol. The zero-order chi connectivity index (χ0) is 19.9. The SMILES string of the molecule is Cc1cccc(OCc2nnc(SCC(=O)Nc3cc(Cl)ccc3C#N)o2)c1. The van der Waals surface area contributed by atoms with Crippen LogP contribution in [-0.4, -0.2) is 21.9 Å². The fourth-order valence-corrected chi connectivity index (χ4v) is 2.99. The number of nitrogens with one attached hydrogen (secondary N) is 1. The molecule has 0 saturated carbocycles. The molecule has 0 atom stereocenters. The van der Waals surface area contributed by atoms with Gasteiger partial charge in [-0.3, -0.25) is 4.79 Å². The van der Waals surface area contributed by atoms with Crippen molar-refractivity contribution in [2.24, 2.45) is 0 Å². The molecule has 0 bridgehead atoms. The lowest BCUT2D eigenvalue weighted by molar-refractivity contribution is -0.113. The Bertz CT molecular complexity index is 1030. The highest BCUT2D eigenvalue weighted by Gasteiger charge is 2.12. The molecule has 1 aromatic heterocycles. The van der Waals surface area contributed by atoms with E-state index in [1.165, 1.54) is 6.07 Å². The summed E-state index contributed by atoms with van der Waals surface area (Å²) in [6.45, 7) is 2.11. The van der Waals surface area contributed by atoms with E-state index in [9.17, 15) is 4.79 Å². The number of hydrogen-bond donors (Lipinski definition) is 1. The van der Waals surface area contributed by atoms with Gasteiger partial charge >= 0.3 is 0 Å². The molecular weight excluding hydrogens is 400 g/mol. The molecule has 2 aromatic carbocycles.